The van der Waals surface area contributed by atoms with E-state index in [-0.39, 0.29) is 41.2 Å². The minimum Gasteiger partial charge on any atom is -0.386 e. The Labute approximate surface area is 194 Å². The van der Waals surface area contributed by atoms with Crippen LogP contribution in [0, 0.1) is 12.3 Å². The van der Waals surface area contributed by atoms with Crippen LogP contribution in [-0.2, 0) is 23.1 Å². The maximum Gasteiger partial charge on any atom is 0.407 e. The quantitative estimate of drug-likeness (QED) is 0.303. The summed E-state index contributed by atoms with van der Waals surface area (Å²) in [5, 5.41) is 10.5. The van der Waals surface area contributed by atoms with Crippen LogP contribution in [0.2, 0.25) is 0 Å². The number of aliphatic imine (C=N–C) groups is 1. The van der Waals surface area contributed by atoms with Gasteiger partial charge in [-0.2, -0.15) is 0 Å². The zero-order chi connectivity index (χ0) is 24.4. The topological polar surface area (TPSA) is 133 Å². The second-order valence-electron chi connectivity index (χ2n) is 7.43. The number of aliphatic hydroxyl groups is 1. The fourth-order valence-electron chi connectivity index (χ4n) is 3.25. The van der Waals surface area contributed by atoms with Crippen LogP contribution in [-0.4, -0.2) is 87.4 Å². The van der Waals surface area contributed by atoms with Crippen molar-refractivity contribution in [1.82, 2.24) is 14.2 Å². The monoisotopic (exact) mass is 502 g/mol. The first-order chi connectivity index (χ1) is 15.5. The number of ketones is 1. The van der Waals surface area contributed by atoms with Crippen molar-refractivity contribution in [3.05, 3.63) is 12.0 Å². The smallest absolute Gasteiger partial charge is 0.386 e. The van der Waals surface area contributed by atoms with Crippen LogP contribution >= 0.6 is 19.5 Å². The van der Waals surface area contributed by atoms with Gasteiger partial charge in [0.05, 0.1) is 19.5 Å². The SMILES string of the molecule is C#CC1(F)[C@@H](O)[C@@H](COP(=O)(OCCSC(C)=O)N(C)C)O[C@H]1n1cnc2c1N=CCC2=O. The van der Waals surface area contributed by atoms with E-state index in [9.17, 15) is 19.3 Å². The molecule has 0 amide bonds. The van der Waals surface area contributed by atoms with Crippen LogP contribution in [0.3, 0.4) is 0 Å². The van der Waals surface area contributed by atoms with Crippen LogP contribution in [0.5, 0.6) is 0 Å². The summed E-state index contributed by atoms with van der Waals surface area (Å²) in [6.07, 6.45) is 3.26. The number of imidazole rings is 1. The van der Waals surface area contributed by atoms with Crippen molar-refractivity contribution < 1.29 is 37.4 Å². The number of aromatic nitrogens is 2. The van der Waals surface area contributed by atoms with E-state index in [0.717, 1.165) is 22.7 Å². The summed E-state index contributed by atoms with van der Waals surface area (Å²) in [7, 11) is -0.912. The zero-order valence-electron chi connectivity index (χ0n) is 18.2. The van der Waals surface area contributed by atoms with Gasteiger partial charge in [0.15, 0.2) is 28.6 Å². The normalized spacial score (nSPS) is 28.5. The van der Waals surface area contributed by atoms with Crippen LogP contribution in [0.15, 0.2) is 11.3 Å². The number of hydrogen-bond donors (Lipinski definition) is 1. The van der Waals surface area contributed by atoms with E-state index in [1.807, 2.05) is 5.92 Å². The van der Waals surface area contributed by atoms with Crippen molar-refractivity contribution in [2.75, 3.05) is 33.1 Å². The lowest BCUT2D eigenvalue weighted by Gasteiger charge is -2.25. The van der Waals surface area contributed by atoms with Gasteiger partial charge in [-0.05, 0) is 14.1 Å². The summed E-state index contributed by atoms with van der Waals surface area (Å²) >= 11 is 1.00. The van der Waals surface area contributed by atoms with Gasteiger partial charge in [-0.3, -0.25) is 23.2 Å². The largest absolute Gasteiger partial charge is 0.407 e. The minimum atomic E-state index is -3.83. The van der Waals surface area contributed by atoms with E-state index < -0.39 is 38.5 Å². The third kappa shape index (κ3) is 5.12. The molecule has 1 aromatic rings. The fourth-order valence-corrected chi connectivity index (χ4v) is 5.02. The Hall–Kier alpha value is -1.91. The molecule has 5 atom stereocenters. The van der Waals surface area contributed by atoms with Gasteiger partial charge >= 0.3 is 7.75 Å². The lowest BCUT2D eigenvalue weighted by molar-refractivity contribution is -0.109. The molecule has 3 rings (SSSR count). The van der Waals surface area contributed by atoms with Gasteiger partial charge in [0, 0.05) is 25.3 Å². The van der Waals surface area contributed by atoms with Crippen molar-refractivity contribution in [1.29, 1.82) is 0 Å². The van der Waals surface area contributed by atoms with Crippen molar-refractivity contribution in [2.45, 2.75) is 37.4 Å². The van der Waals surface area contributed by atoms with Crippen molar-refractivity contribution in [2.24, 2.45) is 4.99 Å². The molecule has 2 aliphatic heterocycles. The highest BCUT2D eigenvalue weighted by atomic mass is 32.2. The Kier molecular flexibility index (Phi) is 7.91. The zero-order valence-corrected chi connectivity index (χ0v) is 19.9. The molecule has 0 radical (unpaired) electrons. The number of thioether (sulfide) groups is 1. The molecule has 180 valence electrons. The molecule has 11 nitrogen and oxygen atoms in total. The van der Waals surface area contributed by atoms with Crippen molar-refractivity contribution in [3.8, 4) is 12.3 Å². The molecule has 1 N–H and O–H groups in total. The molecular weight excluding hydrogens is 478 g/mol. The first kappa shape index (κ1) is 25.7. The number of terminal acetylenes is 1. The number of carbonyl (C=O) groups is 2. The molecule has 0 bridgehead atoms. The van der Waals surface area contributed by atoms with Gasteiger partial charge in [0.2, 0.25) is 5.67 Å². The number of rotatable bonds is 9. The average Bonchev–Trinajstić information content (AvgIpc) is 3.30. The number of hydrogen-bond acceptors (Lipinski definition) is 10. The van der Waals surface area contributed by atoms with Crippen LogP contribution in [0.25, 0.3) is 0 Å². The summed E-state index contributed by atoms with van der Waals surface area (Å²) in [5.74, 6) is 1.95. The minimum absolute atomic E-state index is 0.0407. The summed E-state index contributed by atoms with van der Waals surface area (Å²) in [5.41, 5.74) is -2.66. The van der Waals surface area contributed by atoms with Gasteiger partial charge in [-0.25, -0.2) is 23.6 Å². The summed E-state index contributed by atoms with van der Waals surface area (Å²) < 4.78 is 47.5. The molecule has 1 aromatic heterocycles. The number of Topliss-reactive ketones (excluding diaryl/α,β-unsaturated/α-hetero) is 1. The number of fused-ring (bicyclic) bond motifs is 1. The highest BCUT2D eigenvalue weighted by molar-refractivity contribution is 8.13. The predicted molar refractivity (Wildman–Crippen MR) is 118 cm³/mol. The number of carbonyl (C=O) groups excluding carboxylic acids is 2. The molecule has 3 heterocycles. The Balaban J connectivity index is 1.75. The van der Waals surface area contributed by atoms with E-state index in [0.29, 0.717) is 0 Å². The van der Waals surface area contributed by atoms with E-state index in [2.05, 4.69) is 9.98 Å². The number of nitrogens with zero attached hydrogens (tertiary/aromatic N) is 4. The molecular formula is C19H24FN4O7PS. The summed E-state index contributed by atoms with van der Waals surface area (Å²) in [4.78, 5) is 31.1. The highest BCUT2D eigenvalue weighted by Crippen LogP contribution is 2.51. The Bertz CT molecular complexity index is 1040. The Morgan fingerprint density at radius 3 is 2.91 bits per heavy atom. The standard InChI is InChI=1S/C19H24FN4O7PS/c1-5-19(20)16(27)14(10-30-32(28,23(3)4)29-8-9-33-12(2)25)31-18(19)24-11-22-15-13(26)6-7-21-17(15)24/h1,7,11,14,16,18,27H,6,8-10H2,2-4H3/t14-,16+,18-,19?,32?/m1/s1. The molecule has 0 aliphatic carbocycles. The third-order valence-corrected chi connectivity index (χ3v) is 7.72. The van der Waals surface area contributed by atoms with Crippen LogP contribution in [0.1, 0.15) is 30.1 Å². The van der Waals surface area contributed by atoms with Gasteiger partial charge in [-0.15, -0.1) is 6.42 Å². The number of halogens is 1. The molecule has 33 heavy (non-hydrogen) atoms. The van der Waals surface area contributed by atoms with E-state index in [1.165, 1.54) is 31.9 Å². The number of ether oxygens (including phenoxy) is 1. The summed E-state index contributed by atoms with van der Waals surface area (Å²) in [6.45, 7) is 0.843. The molecule has 2 unspecified atom stereocenters. The molecule has 1 fully saturated rings. The summed E-state index contributed by atoms with van der Waals surface area (Å²) in [6, 6.07) is 0. The fraction of sp³-hybridized carbons (Fsp3) is 0.579. The van der Waals surface area contributed by atoms with E-state index in [4.69, 9.17) is 20.2 Å². The molecule has 2 aliphatic rings. The predicted octanol–water partition coefficient (Wildman–Crippen LogP) is 1.75. The molecule has 0 spiro atoms. The molecule has 0 aromatic carbocycles. The third-order valence-electron chi connectivity index (χ3n) is 4.98. The lowest BCUT2D eigenvalue weighted by Crippen LogP contribution is -2.42. The van der Waals surface area contributed by atoms with Crippen molar-refractivity contribution in [3.63, 3.8) is 0 Å². The number of alkyl halides is 1. The van der Waals surface area contributed by atoms with Crippen molar-refractivity contribution >= 4 is 42.4 Å². The molecule has 0 saturated carbocycles. The molecule has 14 heteroatoms. The second kappa shape index (κ2) is 10.1. The lowest BCUT2D eigenvalue weighted by atomic mass is 9.97. The van der Waals surface area contributed by atoms with Gasteiger partial charge in [-0.1, -0.05) is 17.7 Å². The first-order valence-electron chi connectivity index (χ1n) is 9.86. The number of aliphatic hydroxyl groups excluding tert-OH is 1. The maximum atomic E-state index is 15.7. The molecule has 1 saturated heterocycles. The van der Waals surface area contributed by atoms with Gasteiger partial charge in [0.25, 0.3) is 0 Å². The highest BCUT2D eigenvalue weighted by Gasteiger charge is 2.58. The van der Waals surface area contributed by atoms with Crippen LogP contribution in [0.4, 0.5) is 10.2 Å². The van der Waals surface area contributed by atoms with Crippen LogP contribution < -0.4 is 0 Å². The van der Waals surface area contributed by atoms with Gasteiger partial charge in [0.1, 0.15) is 12.2 Å². The maximum absolute atomic E-state index is 15.7. The second-order valence-corrected chi connectivity index (χ2v) is 11.0. The Morgan fingerprint density at radius 1 is 1.55 bits per heavy atom. The van der Waals surface area contributed by atoms with Gasteiger partial charge < -0.3 is 9.84 Å². The first-order valence-corrected chi connectivity index (χ1v) is 12.3. The van der Waals surface area contributed by atoms with E-state index in [1.54, 1.807) is 0 Å². The van der Waals surface area contributed by atoms with E-state index >= 15 is 4.39 Å². The average molecular weight is 502 g/mol. The Morgan fingerprint density at radius 2 is 2.27 bits per heavy atom.